The van der Waals surface area contributed by atoms with Gasteiger partial charge in [-0.05, 0) is 19.1 Å². The summed E-state index contributed by atoms with van der Waals surface area (Å²) >= 11 is 7.26. The van der Waals surface area contributed by atoms with E-state index in [2.05, 4.69) is 11.1 Å². The fourth-order valence-electron chi connectivity index (χ4n) is 2.25. The van der Waals surface area contributed by atoms with Crippen LogP contribution in [-0.4, -0.2) is 23.7 Å². The Kier molecular flexibility index (Phi) is 3.47. The molecule has 6 heteroatoms. The fraction of sp³-hybridized carbons (Fsp3) is 0.200. The number of aliphatic hydroxyl groups is 1. The molecule has 0 saturated carbocycles. The Hall–Kier alpha value is -1.85. The number of rotatable bonds is 3. The number of allylic oxidation sites excluding steroid dienone is 5. The number of thiophene rings is 1. The van der Waals surface area contributed by atoms with Crippen molar-refractivity contribution in [2.45, 2.75) is 13.3 Å². The number of ketones is 1. The number of hydrogen-bond acceptors (Lipinski definition) is 5. The number of aliphatic imine (C=N–C) groups is 1. The lowest BCUT2D eigenvalue weighted by Crippen LogP contribution is -2.17. The van der Waals surface area contributed by atoms with E-state index in [-0.39, 0.29) is 22.1 Å². The minimum absolute atomic E-state index is 0.159. The standard InChI is InChI=1S/C15H11ClNO3S/c1-7-5-8-10(17-7)6-9(16)14(18)13(8)15(19)11-3-4-12(20-2)21-11/h3-4,18H,6H2,1-2H3. The van der Waals surface area contributed by atoms with Crippen molar-refractivity contribution in [2.75, 3.05) is 7.11 Å². The number of aliphatic hydroxyl groups excluding tert-OH is 1. The zero-order valence-corrected chi connectivity index (χ0v) is 12.9. The van der Waals surface area contributed by atoms with Crippen molar-refractivity contribution in [3.63, 3.8) is 0 Å². The van der Waals surface area contributed by atoms with Crippen LogP contribution in [0, 0.1) is 6.08 Å². The molecule has 3 rings (SSSR count). The molecule has 0 atom stereocenters. The highest BCUT2D eigenvalue weighted by Crippen LogP contribution is 2.37. The van der Waals surface area contributed by atoms with Gasteiger partial charge in [0.15, 0.2) is 5.06 Å². The van der Waals surface area contributed by atoms with Gasteiger partial charge in [0, 0.05) is 23.8 Å². The van der Waals surface area contributed by atoms with Crippen LogP contribution in [0.15, 0.2) is 44.8 Å². The zero-order chi connectivity index (χ0) is 15.1. The average molecular weight is 321 g/mol. The van der Waals surface area contributed by atoms with Gasteiger partial charge >= 0.3 is 0 Å². The highest BCUT2D eigenvalue weighted by Gasteiger charge is 2.32. The first-order valence-corrected chi connectivity index (χ1v) is 7.40. The molecule has 1 radical (unpaired) electrons. The maximum atomic E-state index is 12.7. The molecule has 1 aliphatic carbocycles. The zero-order valence-electron chi connectivity index (χ0n) is 11.4. The Balaban J connectivity index is 2.11. The molecule has 0 saturated heterocycles. The molecule has 107 valence electrons. The lowest BCUT2D eigenvalue weighted by molar-refractivity contribution is 0.103. The van der Waals surface area contributed by atoms with Crippen molar-refractivity contribution in [2.24, 2.45) is 4.99 Å². The van der Waals surface area contributed by atoms with Crippen LogP contribution in [0.1, 0.15) is 23.0 Å². The third-order valence-corrected chi connectivity index (χ3v) is 4.55. The van der Waals surface area contributed by atoms with Gasteiger partial charge in [-0.2, -0.15) is 0 Å². The average Bonchev–Trinajstić information content (AvgIpc) is 3.05. The van der Waals surface area contributed by atoms with Crippen LogP contribution in [0.5, 0.6) is 5.06 Å². The molecule has 0 amide bonds. The van der Waals surface area contributed by atoms with Crippen molar-refractivity contribution in [3.8, 4) is 5.06 Å². The summed E-state index contributed by atoms with van der Waals surface area (Å²) in [6.07, 6.45) is 3.34. The molecule has 0 bridgehead atoms. The second kappa shape index (κ2) is 5.16. The highest BCUT2D eigenvalue weighted by molar-refractivity contribution is 7.16. The Labute approximate surface area is 130 Å². The van der Waals surface area contributed by atoms with Crippen molar-refractivity contribution >= 4 is 34.4 Å². The number of ether oxygens (including phenoxy) is 1. The van der Waals surface area contributed by atoms with E-state index in [1.54, 1.807) is 26.2 Å². The first kappa shape index (κ1) is 14.1. The number of halogens is 1. The summed E-state index contributed by atoms with van der Waals surface area (Å²) in [5.41, 5.74) is 2.04. The number of carbonyl (C=O) groups is 1. The summed E-state index contributed by atoms with van der Waals surface area (Å²) in [7, 11) is 1.54. The maximum Gasteiger partial charge on any atom is 0.207 e. The highest BCUT2D eigenvalue weighted by atomic mass is 35.5. The van der Waals surface area contributed by atoms with Crippen LogP contribution < -0.4 is 4.74 Å². The van der Waals surface area contributed by atoms with Gasteiger partial charge in [0.2, 0.25) is 5.78 Å². The molecular formula is C15H11ClNO3S. The van der Waals surface area contributed by atoms with E-state index >= 15 is 0 Å². The van der Waals surface area contributed by atoms with Crippen molar-refractivity contribution in [1.29, 1.82) is 0 Å². The SMILES string of the molecule is COc1ccc(C(=O)C2=C3[C]=C(C)N=C3CC(Cl)=C2O)s1. The van der Waals surface area contributed by atoms with E-state index in [1.807, 2.05) is 0 Å². The Morgan fingerprint density at radius 2 is 2.29 bits per heavy atom. The van der Waals surface area contributed by atoms with E-state index in [9.17, 15) is 9.90 Å². The quantitative estimate of drug-likeness (QED) is 0.861. The second-order valence-electron chi connectivity index (χ2n) is 4.60. The lowest BCUT2D eigenvalue weighted by Gasteiger charge is -2.16. The van der Waals surface area contributed by atoms with E-state index in [0.29, 0.717) is 33.3 Å². The maximum absolute atomic E-state index is 12.7. The molecule has 0 aromatic carbocycles. The van der Waals surface area contributed by atoms with Crippen molar-refractivity contribution in [1.82, 2.24) is 0 Å². The topological polar surface area (TPSA) is 58.9 Å². The first-order valence-electron chi connectivity index (χ1n) is 6.20. The predicted octanol–water partition coefficient (Wildman–Crippen LogP) is 3.81. The summed E-state index contributed by atoms with van der Waals surface area (Å²) in [4.78, 5) is 17.4. The monoisotopic (exact) mass is 320 g/mol. The molecule has 2 aliphatic rings. The summed E-state index contributed by atoms with van der Waals surface area (Å²) in [6, 6.07) is 3.38. The molecule has 0 spiro atoms. The molecular weight excluding hydrogens is 310 g/mol. The molecule has 4 nitrogen and oxygen atoms in total. The Morgan fingerprint density at radius 3 is 2.95 bits per heavy atom. The number of nitrogens with zero attached hydrogens (tertiary/aromatic N) is 1. The molecule has 2 heterocycles. The summed E-state index contributed by atoms with van der Waals surface area (Å²) in [6.45, 7) is 1.79. The minimum atomic E-state index is -0.302. The molecule has 1 aromatic rings. The van der Waals surface area contributed by atoms with Crippen LogP contribution in [0.25, 0.3) is 0 Å². The molecule has 1 N–H and O–H groups in total. The van der Waals surface area contributed by atoms with Crippen LogP contribution in [0.3, 0.4) is 0 Å². The van der Waals surface area contributed by atoms with Gasteiger partial charge in [-0.25, -0.2) is 0 Å². The van der Waals surface area contributed by atoms with Crippen LogP contribution in [0.4, 0.5) is 0 Å². The van der Waals surface area contributed by atoms with E-state index < -0.39 is 0 Å². The van der Waals surface area contributed by atoms with Gasteiger partial charge < -0.3 is 9.84 Å². The van der Waals surface area contributed by atoms with Crippen LogP contribution >= 0.6 is 22.9 Å². The predicted molar refractivity (Wildman–Crippen MR) is 82.2 cm³/mol. The summed E-state index contributed by atoms with van der Waals surface area (Å²) < 4.78 is 5.09. The normalized spacial score (nSPS) is 17.7. The third kappa shape index (κ3) is 2.32. The molecule has 1 aliphatic heterocycles. The molecule has 0 fully saturated rings. The van der Waals surface area contributed by atoms with Gasteiger partial charge in [-0.3, -0.25) is 9.79 Å². The molecule has 1 aromatic heterocycles. The van der Waals surface area contributed by atoms with Gasteiger partial charge in [-0.1, -0.05) is 22.9 Å². The Bertz CT molecular complexity index is 768. The first-order chi connectivity index (χ1) is 10.0. The number of Topliss-reactive ketones (excluding diaryl/α,β-unsaturated/α-hetero) is 1. The van der Waals surface area contributed by atoms with Crippen molar-refractivity contribution in [3.05, 3.63) is 50.7 Å². The second-order valence-corrected chi connectivity index (χ2v) is 6.10. The van der Waals surface area contributed by atoms with E-state index in [0.717, 1.165) is 0 Å². The number of carbonyl (C=O) groups excluding carboxylic acids is 1. The number of methoxy groups -OCH3 is 1. The molecule has 21 heavy (non-hydrogen) atoms. The van der Waals surface area contributed by atoms with Gasteiger partial charge in [0.05, 0.1) is 28.3 Å². The van der Waals surface area contributed by atoms with Gasteiger partial charge in [0.1, 0.15) is 5.76 Å². The minimum Gasteiger partial charge on any atom is -0.506 e. The number of hydrogen-bond donors (Lipinski definition) is 1. The van der Waals surface area contributed by atoms with Crippen molar-refractivity contribution < 1.29 is 14.6 Å². The van der Waals surface area contributed by atoms with Crippen LogP contribution in [-0.2, 0) is 0 Å². The smallest absolute Gasteiger partial charge is 0.207 e. The van der Waals surface area contributed by atoms with E-state index in [1.165, 1.54) is 11.3 Å². The van der Waals surface area contributed by atoms with Gasteiger partial charge in [0.25, 0.3) is 0 Å². The number of fused-ring (bicyclic) bond motifs is 1. The largest absolute Gasteiger partial charge is 0.506 e. The van der Waals surface area contributed by atoms with Crippen LogP contribution in [0.2, 0.25) is 0 Å². The third-order valence-electron chi connectivity index (χ3n) is 3.20. The fourth-order valence-corrected chi connectivity index (χ4v) is 3.24. The molecule has 0 unspecified atom stereocenters. The summed E-state index contributed by atoms with van der Waals surface area (Å²) in [5.74, 6) is -0.492. The Morgan fingerprint density at radius 1 is 1.52 bits per heavy atom. The summed E-state index contributed by atoms with van der Waals surface area (Å²) in [5, 5.41) is 11.1. The van der Waals surface area contributed by atoms with Gasteiger partial charge in [-0.15, -0.1) is 0 Å². The van der Waals surface area contributed by atoms with E-state index in [4.69, 9.17) is 16.3 Å². The lowest BCUT2D eigenvalue weighted by atomic mass is 9.91.